The van der Waals surface area contributed by atoms with Crippen molar-refractivity contribution in [2.24, 2.45) is 5.73 Å². The van der Waals surface area contributed by atoms with Crippen molar-refractivity contribution in [3.63, 3.8) is 0 Å². The van der Waals surface area contributed by atoms with E-state index in [4.69, 9.17) is 5.73 Å². The summed E-state index contributed by atoms with van der Waals surface area (Å²) in [7, 11) is 0. The monoisotopic (exact) mass is 272 g/mol. The number of imidazole rings is 1. The number of carbonyl (C=O) groups is 1. The highest BCUT2D eigenvalue weighted by atomic mass is 16.1. The van der Waals surface area contributed by atoms with Crippen molar-refractivity contribution in [3.05, 3.63) is 30.6 Å². The van der Waals surface area contributed by atoms with Crippen molar-refractivity contribution in [2.75, 3.05) is 0 Å². The third-order valence-electron chi connectivity index (χ3n) is 4.02. The van der Waals surface area contributed by atoms with E-state index in [1.54, 1.807) is 0 Å². The normalized spacial score (nSPS) is 18.1. The Morgan fingerprint density at radius 2 is 2.25 bits per heavy atom. The van der Waals surface area contributed by atoms with Crippen molar-refractivity contribution < 1.29 is 4.79 Å². The molecular weight excluding hydrogens is 252 g/mol. The van der Waals surface area contributed by atoms with Crippen molar-refractivity contribution in [1.29, 1.82) is 0 Å². The number of aryl methyl sites for hydroxylation is 1. The van der Waals surface area contributed by atoms with Gasteiger partial charge < -0.3 is 15.6 Å². The molecule has 0 radical (unpaired) electrons. The van der Waals surface area contributed by atoms with E-state index >= 15 is 0 Å². The van der Waals surface area contributed by atoms with E-state index in [2.05, 4.69) is 14.9 Å². The summed E-state index contributed by atoms with van der Waals surface area (Å²) < 4.78 is 2.07. The lowest BCUT2D eigenvalue weighted by Crippen LogP contribution is -2.54. The van der Waals surface area contributed by atoms with E-state index in [1.165, 1.54) is 0 Å². The zero-order valence-corrected chi connectivity index (χ0v) is 11.7. The highest BCUT2D eigenvalue weighted by Gasteiger charge is 2.36. The molecule has 0 saturated heterocycles. The maximum Gasteiger partial charge on any atom is 0.237 e. The average molecular weight is 272 g/mol. The summed E-state index contributed by atoms with van der Waals surface area (Å²) >= 11 is 0. The van der Waals surface area contributed by atoms with Gasteiger partial charge in [0.25, 0.3) is 0 Å². The second-order valence-electron chi connectivity index (χ2n) is 5.79. The van der Waals surface area contributed by atoms with Crippen LogP contribution >= 0.6 is 0 Å². The van der Waals surface area contributed by atoms with Gasteiger partial charge in [-0.2, -0.15) is 0 Å². The Morgan fingerprint density at radius 3 is 2.95 bits per heavy atom. The second-order valence-corrected chi connectivity index (χ2v) is 5.79. The predicted molar refractivity (Wildman–Crippen MR) is 78.1 cm³/mol. The fourth-order valence-corrected chi connectivity index (χ4v) is 2.48. The van der Waals surface area contributed by atoms with Gasteiger partial charge in [0, 0.05) is 12.6 Å². The third-order valence-corrected chi connectivity index (χ3v) is 4.02. The van der Waals surface area contributed by atoms with Crippen LogP contribution in [0.15, 0.2) is 30.6 Å². The summed E-state index contributed by atoms with van der Waals surface area (Å²) in [5.74, 6) is -0.283. The largest absolute Gasteiger partial charge is 0.368 e. The Balaban J connectivity index is 1.75. The molecule has 2 aromatic rings. The van der Waals surface area contributed by atoms with Crippen LogP contribution in [0.3, 0.4) is 0 Å². The molecule has 1 saturated carbocycles. The first-order chi connectivity index (χ1) is 9.58. The van der Waals surface area contributed by atoms with Crippen LogP contribution in [0, 0.1) is 0 Å². The van der Waals surface area contributed by atoms with Crippen LogP contribution in [0.25, 0.3) is 11.0 Å². The molecule has 5 nitrogen and oxygen atoms in total. The molecule has 1 aromatic carbocycles. The summed E-state index contributed by atoms with van der Waals surface area (Å²) in [6, 6.07) is 8.45. The molecule has 1 aliphatic carbocycles. The molecule has 1 aliphatic rings. The van der Waals surface area contributed by atoms with E-state index in [-0.39, 0.29) is 5.91 Å². The molecule has 0 bridgehead atoms. The number of rotatable bonds is 6. The Bertz CT molecular complexity index is 632. The third kappa shape index (κ3) is 2.54. The summed E-state index contributed by atoms with van der Waals surface area (Å²) in [6.07, 6.45) is 4.76. The van der Waals surface area contributed by atoms with Crippen molar-refractivity contribution in [1.82, 2.24) is 14.9 Å². The van der Waals surface area contributed by atoms with Gasteiger partial charge in [-0.15, -0.1) is 0 Å². The number of nitrogens with one attached hydrogen (secondary N) is 1. The summed E-state index contributed by atoms with van der Waals surface area (Å²) in [5, 5.41) is 3.37. The molecule has 1 unspecified atom stereocenters. The number of fused-ring (bicyclic) bond motifs is 1. The zero-order valence-electron chi connectivity index (χ0n) is 11.7. The van der Waals surface area contributed by atoms with E-state index in [1.807, 2.05) is 37.5 Å². The molecule has 1 fully saturated rings. The van der Waals surface area contributed by atoms with Crippen molar-refractivity contribution in [2.45, 2.75) is 44.3 Å². The van der Waals surface area contributed by atoms with Gasteiger partial charge in [-0.1, -0.05) is 12.1 Å². The van der Waals surface area contributed by atoms with Crippen LogP contribution < -0.4 is 11.1 Å². The Hall–Kier alpha value is -1.88. The zero-order chi connectivity index (χ0) is 14.2. The molecule has 0 spiro atoms. The second kappa shape index (κ2) is 4.90. The average Bonchev–Trinajstić information content (AvgIpc) is 3.14. The van der Waals surface area contributed by atoms with Crippen molar-refractivity contribution >= 4 is 16.9 Å². The summed E-state index contributed by atoms with van der Waals surface area (Å²) in [5.41, 5.74) is 6.99. The molecule has 1 atom stereocenters. The van der Waals surface area contributed by atoms with Crippen LogP contribution in [0.5, 0.6) is 0 Å². The van der Waals surface area contributed by atoms with Gasteiger partial charge in [0.05, 0.1) is 22.9 Å². The molecule has 3 N–H and O–H groups in total. The fourth-order valence-electron chi connectivity index (χ4n) is 2.48. The first kappa shape index (κ1) is 13.1. The van der Waals surface area contributed by atoms with E-state index < -0.39 is 5.54 Å². The highest BCUT2D eigenvalue weighted by Crippen LogP contribution is 2.24. The molecule has 106 valence electrons. The smallest absolute Gasteiger partial charge is 0.237 e. The van der Waals surface area contributed by atoms with Gasteiger partial charge in [-0.3, -0.25) is 4.79 Å². The molecular formula is C15H20N4O. The standard InChI is InChI=1S/C15H20N4O/c1-15(14(16)20,18-11-6-7-11)8-9-19-10-17-12-4-2-3-5-13(12)19/h2-5,10-11,18H,6-9H2,1H3,(H2,16,20). The lowest BCUT2D eigenvalue weighted by molar-refractivity contribution is -0.124. The number of para-hydroxylation sites is 2. The van der Waals surface area contributed by atoms with Crippen LogP contribution in [-0.4, -0.2) is 27.0 Å². The SMILES string of the molecule is CC(CCn1cnc2ccccc21)(NC1CC1)C(N)=O. The minimum atomic E-state index is -0.646. The van der Waals surface area contributed by atoms with Crippen LogP contribution in [-0.2, 0) is 11.3 Å². The Labute approximate surface area is 118 Å². The predicted octanol–water partition coefficient (Wildman–Crippen LogP) is 1.42. The number of benzene rings is 1. The van der Waals surface area contributed by atoms with Gasteiger partial charge in [0.15, 0.2) is 0 Å². The van der Waals surface area contributed by atoms with Crippen LogP contribution in [0.1, 0.15) is 26.2 Å². The van der Waals surface area contributed by atoms with E-state index in [9.17, 15) is 4.79 Å². The van der Waals surface area contributed by atoms with Crippen molar-refractivity contribution in [3.8, 4) is 0 Å². The van der Waals surface area contributed by atoms with E-state index in [0.29, 0.717) is 12.5 Å². The first-order valence-corrected chi connectivity index (χ1v) is 7.06. The number of carbonyl (C=O) groups excluding carboxylic acids is 1. The number of hydrogen-bond acceptors (Lipinski definition) is 3. The maximum absolute atomic E-state index is 11.7. The number of nitrogens with two attached hydrogens (primary N) is 1. The van der Waals surface area contributed by atoms with Gasteiger partial charge in [0.2, 0.25) is 5.91 Å². The maximum atomic E-state index is 11.7. The van der Waals surface area contributed by atoms with Crippen LogP contribution in [0.2, 0.25) is 0 Å². The fraction of sp³-hybridized carbons (Fsp3) is 0.467. The number of amides is 1. The summed E-state index contributed by atoms with van der Waals surface area (Å²) in [6.45, 7) is 2.62. The Kier molecular flexibility index (Phi) is 3.22. The number of aromatic nitrogens is 2. The highest BCUT2D eigenvalue weighted by molar-refractivity contribution is 5.84. The molecule has 0 aliphatic heterocycles. The lowest BCUT2D eigenvalue weighted by Gasteiger charge is -2.27. The summed E-state index contributed by atoms with van der Waals surface area (Å²) in [4.78, 5) is 16.1. The molecule has 3 rings (SSSR count). The Morgan fingerprint density at radius 1 is 1.50 bits per heavy atom. The molecule has 20 heavy (non-hydrogen) atoms. The van der Waals surface area contributed by atoms with Gasteiger partial charge in [-0.25, -0.2) is 4.98 Å². The minimum Gasteiger partial charge on any atom is -0.368 e. The number of hydrogen-bond donors (Lipinski definition) is 2. The number of nitrogens with zero attached hydrogens (tertiary/aromatic N) is 2. The van der Waals surface area contributed by atoms with Gasteiger partial charge in [0.1, 0.15) is 0 Å². The topological polar surface area (TPSA) is 72.9 Å². The van der Waals surface area contributed by atoms with Gasteiger partial charge in [-0.05, 0) is 38.3 Å². The van der Waals surface area contributed by atoms with Crippen LogP contribution in [0.4, 0.5) is 0 Å². The molecule has 1 aromatic heterocycles. The first-order valence-electron chi connectivity index (χ1n) is 7.06. The number of primary amides is 1. The molecule has 1 heterocycles. The lowest BCUT2D eigenvalue weighted by atomic mass is 9.96. The van der Waals surface area contributed by atoms with Gasteiger partial charge >= 0.3 is 0 Å². The quantitative estimate of drug-likeness (QED) is 0.835. The minimum absolute atomic E-state index is 0.283. The molecule has 5 heteroatoms. The van der Waals surface area contributed by atoms with E-state index in [0.717, 1.165) is 30.4 Å². The molecule has 1 amide bonds.